The molecule has 3 aromatic rings. The third-order valence-electron chi connectivity index (χ3n) is 7.98. The molecule has 0 radical (unpaired) electrons. The highest BCUT2D eigenvalue weighted by Crippen LogP contribution is 2.30. The van der Waals surface area contributed by atoms with Gasteiger partial charge in [0, 0.05) is 48.6 Å². The SMILES string of the molecule is O=C(Nc1ccc(N2CCC(Cc3ccccc3)CC2)c(C(=O)NCCCN2CCOCC2)c1)c1ccccc1Br. The van der Waals surface area contributed by atoms with Crippen molar-refractivity contribution in [2.24, 2.45) is 5.92 Å². The van der Waals surface area contributed by atoms with Crippen LogP contribution in [0.3, 0.4) is 0 Å². The molecule has 3 aromatic carbocycles. The number of benzene rings is 3. The maximum absolute atomic E-state index is 13.5. The van der Waals surface area contributed by atoms with Crippen LogP contribution in [0, 0.1) is 5.92 Å². The number of amides is 2. The van der Waals surface area contributed by atoms with E-state index in [4.69, 9.17) is 4.74 Å². The number of rotatable bonds is 10. The Morgan fingerprint density at radius 2 is 1.59 bits per heavy atom. The lowest BCUT2D eigenvalue weighted by Crippen LogP contribution is -2.38. The van der Waals surface area contributed by atoms with Crippen molar-refractivity contribution in [3.05, 3.63) is 94.0 Å². The third-order valence-corrected chi connectivity index (χ3v) is 8.67. The topological polar surface area (TPSA) is 73.9 Å². The molecule has 7 nitrogen and oxygen atoms in total. The number of carbonyl (C=O) groups is 2. The van der Waals surface area contributed by atoms with Crippen LogP contribution >= 0.6 is 15.9 Å². The lowest BCUT2D eigenvalue weighted by Gasteiger charge is -2.35. The minimum Gasteiger partial charge on any atom is -0.379 e. The van der Waals surface area contributed by atoms with Crippen LogP contribution < -0.4 is 15.5 Å². The molecule has 0 atom stereocenters. The minimum atomic E-state index is -0.219. The van der Waals surface area contributed by atoms with E-state index in [2.05, 4.69) is 66.7 Å². The van der Waals surface area contributed by atoms with E-state index in [9.17, 15) is 9.59 Å². The normalized spacial score (nSPS) is 16.4. The number of nitrogens with zero attached hydrogens (tertiary/aromatic N) is 2. The van der Waals surface area contributed by atoms with Crippen molar-refractivity contribution in [2.45, 2.75) is 25.7 Å². The number of anilines is 2. The molecule has 2 amide bonds. The van der Waals surface area contributed by atoms with Gasteiger partial charge in [0.05, 0.1) is 24.3 Å². The molecule has 0 aromatic heterocycles. The molecule has 8 heteroatoms. The molecule has 2 heterocycles. The molecular formula is C33H39BrN4O3. The van der Waals surface area contributed by atoms with Gasteiger partial charge in [0.15, 0.2) is 0 Å². The summed E-state index contributed by atoms with van der Waals surface area (Å²) in [4.78, 5) is 31.2. The van der Waals surface area contributed by atoms with E-state index in [0.717, 1.165) is 81.8 Å². The summed E-state index contributed by atoms with van der Waals surface area (Å²) in [6.07, 6.45) is 4.13. The van der Waals surface area contributed by atoms with Crippen LogP contribution in [0.4, 0.5) is 11.4 Å². The summed E-state index contributed by atoms with van der Waals surface area (Å²) in [5.74, 6) is 0.309. The first-order valence-corrected chi connectivity index (χ1v) is 15.4. The van der Waals surface area contributed by atoms with Crippen molar-refractivity contribution < 1.29 is 14.3 Å². The number of halogens is 1. The molecule has 41 heavy (non-hydrogen) atoms. The summed E-state index contributed by atoms with van der Waals surface area (Å²) in [6, 6.07) is 23.7. The van der Waals surface area contributed by atoms with Crippen molar-refractivity contribution in [2.75, 3.05) is 62.7 Å². The van der Waals surface area contributed by atoms with Crippen LogP contribution in [0.15, 0.2) is 77.3 Å². The van der Waals surface area contributed by atoms with Gasteiger partial charge in [-0.25, -0.2) is 0 Å². The van der Waals surface area contributed by atoms with Gasteiger partial charge in [-0.05, 0) is 90.0 Å². The van der Waals surface area contributed by atoms with Crippen molar-refractivity contribution >= 4 is 39.1 Å². The van der Waals surface area contributed by atoms with Crippen LogP contribution in [0.2, 0.25) is 0 Å². The Morgan fingerprint density at radius 3 is 2.34 bits per heavy atom. The van der Waals surface area contributed by atoms with Crippen molar-refractivity contribution in [3.8, 4) is 0 Å². The molecule has 0 unspecified atom stereocenters. The zero-order chi connectivity index (χ0) is 28.4. The molecule has 2 aliphatic rings. The predicted molar refractivity (Wildman–Crippen MR) is 168 cm³/mol. The van der Waals surface area contributed by atoms with Crippen molar-refractivity contribution in [3.63, 3.8) is 0 Å². The van der Waals surface area contributed by atoms with Gasteiger partial charge < -0.3 is 20.3 Å². The van der Waals surface area contributed by atoms with Crippen LogP contribution in [-0.4, -0.2) is 69.2 Å². The highest BCUT2D eigenvalue weighted by Gasteiger charge is 2.24. The molecule has 0 spiro atoms. The Morgan fingerprint density at radius 1 is 0.854 bits per heavy atom. The second-order valence-corrected chi connectivity index (χ2v) is 11.7. The van der Waals surface area contributed by atoms with Crippen molar-refractivity contribution in [1.29, 1.82) is 0 Å². The third kappa shape index (κ3) is 8.18. The number of hydrogen-bond donors (Lipinski definition) is 2. The minimum absolute atomic E-state index is 0.106. The largest absolute Gasteiger partial charge is 0.379 e. The summed E-state index contributed by atoms with van der Waals surface area (Å²) < 4.78 is 6.16. The second-order valence-electron chi connectivity index (χ2n) is 10.8. The van der Waals surface area contributed by atoms with E-state index in [0.29, 0.717) is 29.3 Å². The number of hydrogen-bond acceptors (Lipinski definition) is 5. The first-order chi connectivity index (χ1) is 20.1. The average molecular weight is 620 g/mol. The summed E-state index contributed by atoms with van der Waals surface area (Å²) >= 11 is 3.46. The first kappa shape index (κ1) is 29.3. The standard InChI is InChI=1S/C33H39BrN4O3/c34-30-10-5-4-9-28(30)33(40)36-27-11-12-31(38-17-13-26(14-18-38)23-25-7-2-1-3-8-25)29(24-27)32(39)35-15-6-16-37-19-21-41-22-20-37/h1-5,7-12,24,26H,6,13-23H2,(H,35,39)(H,36,40). The molecule has 2 aliphatic heterocycles. The summed E-state index contributed by atoms with van der Waals surface area (Å²) in [7, 11) is 0. The number of morpholine rings is 1. The van der Waals surface area contributed by atoms with E-state index in [1.807, 2.05) is 36.4 Å². The van der Waals surface area contributed by atoms with Crippen LogP contribution in [0.25, 0.3) is 0 Å². The highest BCUT2D eigenvalue weighted by molar-refractivity contribution is 9.10. The fourth-order valence-corrected chi connectivity index (χ4v) is 6.13. The Balaban J connectivity index is 1.26. The fourth-order valence-electron chi connectivity index (χ4n) is 5.67. The van der Waals surface area contributed by atoms with Gasteiger partial charge >= 0.3 is 0 Å². The van der Waals surface area contributed by atoms with Crippen LogP contribution in [0.5, 0.6) is 0 Å². The molecule has 0 aliphatic carbocycles. The molecule has 5 rings (SSSR count). The Bertz CT molecular complexity index is 1300. The summed E-state index contributed by atoms with van der Waals surface area (Å²) in [6.45, 7) is 6.77. The molecule has 2 saturated heterocycles. The van der Waals surface area contributed by atoms with Gasteiger partial charge in [0.25, 0.3) is 11.8 Å². The molecule has 2 N–H and O–H groups in total. The predicted octanol–water partition coefficient (Wildman–Crippen LogP) is 5.61. The molecule has 0 saturated carbocycles. The zero-order valence-corrected chi connectivity index (χ0v) is 25.1. The van der Waals surface area contributed by atoms with Gasteiger partial charge in [-0.2, -0.15) is 0 Å². The number of carbonyl (C=O) groups excluding carboxylic acids is 2. The van der Waals surface area contributed by atoms with E-state index in [-0.39, 0.29) is 11.8 Å². The monoisotopic (exact) mass is 618 g/mol. The molecule has 2 fully saturated rings. The van der Waals surface area contributed by atoms with Gasteiger partial charge in [-0.1, -0.05) is 42.5 Å². The van der Waals surface area contributed by atoms with Crippen LogP contribution in [0.1, 0.15) is 45.5 Å². The lowest BCUT2D eigenvalue weighted by atomic mass is 9.89. The maximum Gasteiger partial charge on any atom is 0.256 e. The van der Waals surface area contributed by atoms with E-state index >= 15 is 0 Å². The van der Waals surface area contributed by atoms with Gasteiger partial charge in [-0.15, -0.1) is 0 Å². The van der Waals surface area contributed by atoms with Gasteiger partial charge in [0.2, 0.25) is 0 Å². The Labute approximate surface area is 251 Å². The summed E-state index contributed by atoms with van der Waals surface area (Å²) in [5, 5.41) is 6.12. The number of nitrogens with one attached hydrogen (secondary N) is 2. The quantitative estimate of drug-likeness (QED) is 0.289. The first-order valence-electron chi connectivity index (χ1n) is 14.6. The van der Waals surface area contributed by atoms with E-state index in [1.54, 1.807) is 6.07 Å². The van der Waals surface area contributed by atoms with E-state index < -0.39 is 0 Å². The van der Waals surface area contributed by atoms with Gasteiger partial charge in [-0.3, -0.25) is 14.5 Å². The summed E-state index contributed by atoms with van der Waals surface area (Å²) in [5.41, 5.74) is 4.06. The average Bonchev–Trinajstić information content (AvgIpc) is 3.01. The molecular weight excluding hydrogens is 580 g/mol. The van der Waals surface area contributed by atoms with Gasteiger partial charge in [0.1, 0.15) is 0 Å². The maximum atomic E-state index is 13.5. The number of ether oxygens (including phenoxy) is 1. The Kier molecular flexibility index (Phi) is 10.4. The second kappa shape index (κ2) is 14.6. The highest BCUT2D eigenvalue weighted by atomic mass is 79.9. The smallest absolute Gasteiger partial charge is 0.256 e. The zero-order valence-electron chi connectivity index (χ0n) is 23.5. The van der Waals surface area contributed by atoms with E-state index in [1.165, 1.54) is 5.56 Å². The lowest BCUT2D eigenvalue weighted by molar-refractivity contribution is 0.0374. The van der Waals surface area contributed by atoms with Crippen molar-refractivity contribution in [1.82, 2.24) is 10.2 Å². The number of piperidine rings is 1. The van der Waals surface area contributed by atoms with Crippen LogP contribution in [-0.2, 0) is 11.2 Å². The molecule has 216 valence electrons. The Hall–Kier alpha value is -3.20. The molecule has 0 bridgehead atoms. The fraction of sp³-hybridized carbons (Fsp3) is 0.394.